The first-order valence-corrected chi connectivity index (χ1v) is 23.7. The Labute approximate surface area is 326 Å². The Morgan fingerprint density at radius 3 is 1.38 bits per heavy atom. The number of esters is 2. The second-order valence-corrected chi connectivity index (χ2v) is 16.4. The second kappa shape index (κ2) is 40.4. The average Bonchev–Trinajstić information content (AvgIpc) is 3.14. The van der Waals surface area contributed by atoms with Crippen molar-refractivity contribution >= 4 is 19.8 Å². The maximum atomic E-state index is 12.5. The highest BCUT2D eigenvalue weighted by atomic mass is 31.2. The minimum absolute atomic E-state index is 0.0548. The maximum absolute atomic E-state index is 12.5. The van der Waals surface area contributed by atoms with Crippen molar-refractivity contribution in [1.82, 2.24) is 0 Å². The summed E-state index contributed by atoms with van der Waals surface area (Å²) in [6, 6.07) is 0. The zero-order chi connectivity index (χ0) is 38.9. The van der Waals surface area contributed by atoms with E-state index in [-0.39, 0.29) is 38.6 Å². The standard InChI is InChI=1S/C43H84NO8P/c1-3-5-7-9-11-13-15-17-18-19-20-21-22-23-24-26-27-29-31-33-35-42(45)49-39-41(40-51-53(47,48)50-38-37-44)52-43(46)36-34-32-30-28-25-16-14-12-10-8-6-4-2/h12,14,41H,3-11,13,15-40,44H2,1-2H3,(H,47,48)/b14-12-. The number of carbonyl (C=O) groups excluding carboxylic acids is 2. The van der Waals surface area contributed by atoms with Gasteiger partial charge >= 0.3 is 19.8 Å². The summed E-state index contributed by atoms with van der Waals surface area (Å²) >= 11 is 0. The highest BCUT2D eigenvalue weighted by molar-refractivity contribution is 7.47. The van der Waals surface area contributed by atoms with Gasteiger partial charge in [0.25, 0.3) is 0 Å². The van der Waals surface area contributed by atoms with Crippen molar-refractivity contribution in [3.8, 4) is 0 Å². The van der Waals surface area contributed by atoms with E-state index in [0.717, 1.165) is 57.8 Å². The monoisotopic (exact) mass is 774 g/mol. The molecule has 2 unspecified atom stereocenters. The third-order valence-corrected chi connectivity index (χ3v) is 10.6. The van der Waals surface area contributed by atoms with E-state index in [1.165, 1.54) is 128 Å². The lowest BCUT2D eigenvalue weighted by atomic mass is 10.0. The molecule has 10 heteroatoms. The van der Waals surface area contributed by atoms with Crippen molar-refractivity contribution in [3.63, 3.8) is 0 Å². The van der Waals surface area contributed by atoms with Crippen LogP contribution >= 0.6 is 7.82 Å². The fraction of sp³-hybridized carbons (Fsp3) is 0.907. The predicted octanol–water partition coefficient (Wildman–Crippen LogP) is 12.6. The molecule has 2 atom stereocenters. The number of rotatable bonds is 42. The number of phosphoric acid groups is 1. The van der Waals surface area contributed by atoms with Crippen molar-refractivity contribution in [2.75, 3.05) is 26.4 Å². The van der Waals surface area contributed by atoms with Crippen LogP contribution in [0.1, 0.15) is 219 Å². The van der Waals surface area contributed by atoms with Gasteiger partial charge < -0.3 is 20.1 Å². The fourth-order valence-corrected chi connectivity index (χ4v) is 7.10. The van der Waals surface area contributed by atoms with Gasteiger partial charge in [-0.25, -0.2) is 4.57 Å². The molecule has 0 saturated carbocycles. The molecule has 0 bridgehead atoms. The number of hydrogen-bond acceptors (Lipinski definition) is 8. The normalized spacial score (nSPS) is 13.4. The number of carbonyl (C=O) groups is 2. The molecule has 3 N–H and O–H groups in total. The number of nitrogens with two attached hydrogens (primary N) is 1. The van der Waals surface area contributed by atoms with Gasteiger partial charge in [-0.3, -0.25) is 18.6 Å². The summed E-state index contributed by atoms with van der Waals surface area (Å²) in [7, 11) is -4.37. The van der Waals surface area contributed by atoms with Gasteiger partial charge in [0, 0.05) is 19.4 Å². The van der Waals surface area contributed by atoms with Crippen molar-refractivity contribution in [3.05, 3.63) is 12.2 Å². The Balaban J connectivity index is 4.04. The fourth-order valence-electron chi connectivity index (χ4n) is 6.34. The summed E-state index contributed by atoms with van der Waals surface area (Å²) in [5.41, 5.74) is 5.34. The molecule has 0 heterocycles. The number of ether oxygens (including phenoxy) is 2. The third-order valence-electron chi connectivity index (χ3n) is 9.65. The van der Waals surface area contributed by atoms with Crippen LogP contribution in [0.2, 0.25) is 0 Å². The third kappa shape index (κ3) is 40.2. The number of phosphoric ester groups is 1. The Morgan fingerprint density at radius 1 is 0.547 bits per heavy atom. The van der Waals surface area contributed by atoms with E-state index in [0.29, 0.717) is 6.42 Å². The number of hydrogen-bond donors (Lipinski definition) is 2. The molecule has 0 aliphatic rings. The summed E-state index contributed by atoms with van der Waals surface area (Å²) < 4.78 is 32.7. The van der Waals surface area contributed by atoms with Crippen LogP contribution in [-0.4, -0.2) is 49.3 Å². The number of allylic oxidation sites excluding steroid dienone is 2. The highest BCUT2D eigenvalue weighted by Gasteiger charge is 2.26. The minimum Gasteiger partial charge on any atom is -0.462 e. The van der Waals surface area contributed by atoms with Crippen LogP contribution in [-0.2, 0) is 32.7 Å². The molecule has 0 amide bonds. The Kier molecular flexibility index (Phi) is 39.5. The maximum Gasteiger partial charge on any atom is 0.472 e. The first-order chi connectivity index (χ1) is 25.8. The van der Waals surface area contributed by atoms with Crippen LogP contribution in [0.25, 0.3) is 0 Å². The van der Waals surface area contributed by atoms with E-state index in [1.807, 2.05) is 0 Å². The SMILES string of the molecule is CCCCC/C=C\CCCCCCCC(=O)OC(COC(=O)CCCCCCCCCCCCCCCCCCCCCC)COP(=O)(O)OCCN. The minimum atomic E-state index is -4.37. The lowest BCUT2D eigenvalue weighted by Crippen LogP contribution is -2.29. The van der Waals surface area contributed by atoms with Crippen LogP contribution in [0, 0.1) is 0 Å². The van der Waals surface area contributed by atoms with Gasteiger partial charge in [-0.05, 0) is 38.5 Å². The molecule has 0 aromatic carbocycles. The van der Waals surface area contributed by atoms with Gasteiger partial charge in [-0.2, -0.15) is 0 Å². The first kappa shape index (κ1) is 51.8. The predicted molar refractivity (Wildman–Crippen MR) is 220 cm³/mol. The van der Waals surface area contributed by atoms with Crippen molar-refractivity contribution < 1.29 is 37.6 Å². The van der Waals surface area contributed by atoms with Crippen molar-refractivity contribution in [1.29, 1.82) is 0 Å². The summed E-state index contributed by atoms with van der Waals surface area (Å²) in [6.45, 7) is 3.73. The van der Waals surface area contributed by atoms with E-state index in [1.54, 1.807) is 0 Å². The molecular weight excluding hydrogens is 689 g/mol. The van der Waals surface area contributed by atoms with E-state index < -0.39 is 26.5 Å². The van der Waals surface area contributed by atoms with E-state index in [2.05, 4.69) is 26.0 Å². The van der Waals surface area contributed by atoms with Crippen molar-refractivity contribution in [2.45, 2.75) is 225 Å². The van der Waals surface area contributed by atoms with Crippen LogP contribution in [0.15, 0.2) is 12.2 Å². The lowest BCUT2D eigenvalue weighted by molar-refractivity contribution is -0.161. The molecular formula is C43H84NO8P. The van der Waals surface area contributed by atoms with E-state index in [9.17, 15) is 19.0 Å². The van der Waals surface area contributed by atoms with Gasteiger partial charge in [0.15, 0.2) is 6.10 Å². The summed E-state index contributed by atoms with van der Waals surface area (Å²) in [4.78, 5) is 34.8. The van der Waals surface area contributed by atoms with E-state index in [4.69, 9.17) is 24.3 Å². The Hall–Kier alpha value is -1.25. The molecule has 0 aliphatic carbocycles. The summed E-state index contributed by atoms with van der Waals surface area (Å²) in [5, 5.41) is 0. The molecule has 0 aliphatic heterocycles. The van der Waals surface area contributed by atoms with E-state index >= 15 is 0 Å². The first-order valence-electron chi connectivity index (χ1n) is 22.2. The quantitative estimate of drug-likeness (QED) is 0.0269. The largest absolute Gasteiger partial charge is 0.472 e. The zero-order valence-corrected chi connectivity index (χ0v) is 35.4. The molecule has 9 nitrogen and oxygen atoms in total. The van der Waals surface area contributed by atoms with Crippen LogP contribution < -0.4 is 5.73 Å². The summed E-state index contributed by atoms with van der Waals surface area (Å²) in [5.74, 6) is -0.829. The smallest absolute Gasteiger partial charge is 0.462 e. The Morgan fingerprint density at radius 2 is 0.925 bits per heavy atom. The van der Waals surface area contributed by atoms with Gasteiger partial charge in [-0.1, -0.05) is 180 Å². The molecule has 0 saturated heterocycles. The average molecular weight is 774 g/mol. The molecule has 314 valence electrons. The number of unbranched alkanes of at least 4 members (excludes halogenated alkanes) is 27. The van der Waals surface area contributed by atoms with Crippen LogP contribution in [0.3, 0.4) is 0 Å². The highest BCUT2D eigenvalue weighted by Crippen LogP contribution is 2.43. The topological polar surface area (TPSA) is 134 Å². The molecule has 53 heavy (non-hydrogen) atoms. The lowest BCUT2D eigenvalue weighted by Gasteiger charge is -2.19. The van der Waals surface area contributed by atoms with Gasteiger partial charge in [0.05, 0.1) is 13.2 Å². The molecule has 0 fully saturated rings. The molecule has 0 aromatic heterocycles. The van der Waals surface area contributed by atoms with Gasteiger partial charge in [0.1, 0.15) is 6.61 Å². The molecule has 0 radical (unpaired) electrons. The molecule has 0 rings (SSSR count). The summed E-state index contributed by atoms with van der Waals surface area (Å²) in [6.07, 6.45) is 41.0. The molecule has 0 aromatic rings. The van der Waals surface area contributed by atoms with Crippen LogP contribution in [0.5, 0.6) is 0 Å². The Bertz CT molecular complexity index is 886. The van der Waals surface area contributed by atoms with Gasteiger partial charge in [-0.15, -0.1) is 0 Å². The van der Waals surface area contributed by atoms with Crippen LogP contribution in [0.4, 0.5) is 0 Å². The van der Waals surface area contributed by atoms with Crippen molar-refractivity contribution in [2.24, 2.45) is 5.73 Å². The molecule has 0 spiro atoms. The second-order valence-electron chi connectivity index (χ2n) is 14.9. The van der Waals surface area contributed by atoms with Gasteiger partial charge in [0.2, 0.25) is 0 Å². The zero-order valence-electron chi connectivity index (χ0n) is 34.5.